The molecule has 0 bridgehead atoms. The number of nitrogens with zero attached hydrogens (tertiary/aromatic N) is 1. The Labute approximate surface area is 139 Å². The van der Waals surface area contributed by atoms with Crippen molar-refractivity contribution in [2.45, 2.75) is 31.7 Å². The number of carbonyl (C=O) groups excluding carboxylic acids is 1. The Morgan fingerprint density at radius 2 is 2.14 bits per heavy atom. The summed E-state index contributed by atoms with van der Waals surface area (Å²) >= 11 is 0. The molecule has 1 aromatic rings. The Hall–Kier alpha value is -1.10. The molecule has 1 aromatic carbocycles. The largest absolute Gasteiger partial charge is 0.383 e. The quantitative estimate of drug-likeness (QED) is 0.745. The van der Waals surface area contributed by atoms with E-state index in [9.17, 15) is 4.79 Å². The minimum Gasteiger partial charge on any atom is -0.383 e. The van der Waals surface area contributed by atoms with Crippen molar-refractivity contribution in [1.82, 2.24) is 10.2 Å². The molecule has 0 radical (unpaired) electrons. The molecule has 0 aliphatic carbocycles. The molecule has 5 heteroatoms. The summed E-state index contributed by atoms with van der Waals surface area (Å²) < 4.78 is 4.97. The highest BCUT2D eigenvalue weighted by molar-refractivity contribution is 5.85. The molecule has 1 heterocycles. The number of benzene rings is 1. The first-order chi connectivity index (χ1) is 10.3. The Kier molecular flexibility index (Phi) is 9.13. The van der Waals surface area contributed by atoms with Crippen molar-refractivity contribution < 1.29 is 9.53 Å². The van der Waals surface area contributed by atoms with Crippen molar-refractivity contribution in [2.75, 3.05) is 33.4 Å². The van der Waals surface area contributed by atoms with Crippen LogP contribution in [0.2, 0.25) is 0 Å². The van der Waals surface area contributed by atoms with E-state index in [1.165, 1.54) is 5.56 Å². The van der Waals surface area contributed by atoms with Crippen molar-refractivity contribution in [3.63, 3.8) is 0 Å². The number of ether oxygens (including phenoxy) is 1. The van der Waals surface area contributed by atoms with Gasteiger partial charge < -0.3 is 15.0 Å². The van der Waals surface area contributed by atoms with E-state index in [1.807, 2.05) is 6.07 Å². The van der Waals surface area contributed by atoms with Crippen molar-refractivity contribution in [3.05, 3.63) is 35.9 Å². The Morgan fingerprint density at radius 1 is 1.36 bits per heavy atom. The number of amides is 1. The highest BCUT2D eigenvalue weighted by atomic mass is 35.5. The first-order valence-corrected chi connectivity index (χ1v) is 7.84. The van der Waals surface area contributed by atoms with Crippen LogP contribution in [-0.2, 0) is 16.0 Å². The van der Waals surface area contributed by atoms with Crippen molar-refractivity contribution >= 4 is 18.3 Å². The molecule has 0 saturated carbocycles. The molecular weight excluding hydrogens is 300 g/mol. The maximum Gasteiger partial charge on any atom is 0.236 e. The molecule has 22 heavy (non-hydrogen) atoms. The maximum atomic E-state index is 12.3. The van der Waals surface area contributed by atoms with E-state index in [2.05, 4.69) is 34.5 Å². The zero-order chi connectivity index (χ0) is 14.9. The fraction of sp³-hybridized carbons (Fsp3) is 0.588. The van der Waals surface area contributed by atoms with Crippen molar-refractivity contribution in [1.29, 1.82) is 0 Å². The molecule has 1 atom stereocenters. The third-order valence-electron chi connectivity index (χ3n) is 4.07. The van der Waals surface area contributed by atoms with Crippen LogP contribution in [0.3, 0.4) is 0 Å². The number of hydrogen-bond donors (Lipinski definition) is 1. The minimum atomic E-state index is 0. The fourth-order valence-corrected chi connectivity index (χ4v) is 2.91. The number of nitrogens with one attached hydrogen (secondary N) is 1. The molecule has 1 fully saturated rings. The summed E-state index contributed by atoms with van der Waals surface area (Å²) in [7, 11) is 1.67. The molecule has 1 saturated heterocycles. The predicted molar refractivity (Wildman–Crippen MR) is 91.5 cm³/mol. The van der Waals surface area contributed by atoms with Gasteiger partial charge in [0.1, 0.15) is 0 Å². The van der Waals surface area contributed by atoms with Gasteiger partial charge in [-0.2, -0.15) is 0 Å². The van der Waals surface area contributed by atoms with Crippen LogP contribution in [0.25, 0.3) is 0 Å². The van der Waals surface area contributed by atoms with Crippen LogP contribution in [0.4, 0.5) is 0 Å². The third kappa shape index (κ3) is 5.95. The van der Waals surface area contributed by atoms with E-state index in [4.69, 9.17) is 4.74 Å². The van der Waals surface area contributed by atoms with Gasteiger partial charge in [0.25, 0.3) is 0 Å². The maximum absolute atomic E-state index is 12.3. The predicted octanol–water partition coefficient (Wildman–Crippen LogP) is 2.27. The van der Waals surface area contributed by atoms with E-state index in [1.54, 1.807) is 7.11 Å². The van der Waals surface area contributed by atoms with Crippen LogP contribution in [0, 0.1) is 0 Å². The Balaban J connectivity index is 0.00000242. The molecule has 1 aliphatic heterocycles. The summed E-state index contributed by atoms with van der Waals surface area (Å²) in [6.07, 6.45) is 4.38. The highest BCUT2D eigenvalue weighted by Crippen LogP contribution is 2.21. The normalized spacial score (nSPS) is 17.3. The number of carbonyl (C=O) groups is 1. The van der Waals surface area contributed by atoms with Crippen LogP contribution in [0.5, 0.6) is 0 Å². The molecular formula is C17H27ClN2O2. The molecule has 1 aliphatic rings. The van der Waals surface area contributed by atoms with Crippen LogP contribution >= 0.6 is 12.4 Å². The second-order valence-electron chi connectivity index (χ2n) is 5.58. The van der Waals surface area contributed by atoms with E-state index in [0.717, 1.165) is 38.8 Å². The second kappa shape index (κ2) is 10.6. The topological polar surface area (TPSA) is 41.6 Å². The third-order valence-corrected chi connectivity index (χ3v) is 4.07. The number of methoxy groups -OCH3 is 1. The van der Waals surface area contributed by atoms with Gasteiger partial charge in [-0.15, -0.1) is 12.4 Å². The molecule has 0 spiro atoms. The number of hydrogen-bond acceptors (Lipinski definition) is 3. The van der Waals surface area contributed by atoms with Crippen molar-refractivity contribution in [2.24, 2.45) is 0 Å². The lowest BCUT2D eigenvalue weighted by molar-refractivity contribution is -0.131. The molecule has 4 nitrogen and oxygen atoms in total. The summed E-state index contributed by atoms with van der Waals surface area (Å²) in [5, 5.41) is 3.14. The average molecular weight is 327 g/mol. The Bertz CT molecular complexity index is 428. The highest BCUT2D eigenvalue weighted by Gasteiger charge is 2.27. The molecule has 2 rings (SSSR count). The van der Waals surface area contributed by atoms with Crippen LogP contribution in [0.1, 0.15) is 24.8 Å². The number of likely N-dealkylation sites (tertiary alicyclic amines) is 1. The standard InChI is InChI=1S/C17H26N2O2.ClH/c1-21-13-11-18-14-17(20)19-12-5-8-16(19)10-9-15-6-3-2-4-7-15;/h2-4,6-7,16,18H,5,8-14H2,1H3;1H. The lowest BCUT2D eigenvalue weighted by Crippen LogP contribution is -2.41. The van der Waals surface area contributed by atoms with E-state index in [-0.39, 0.29) is 18.3 Å². The summed E-state index contributed by atoms with van der Waals surface area (Å²) in [5.74, 6) is 0.224. The molecule has 1 N–H and O–H groups in total. The molecule has 124 valence electrons. The average Bonchev–Trinajstić information content (AvgIpc) is 2.99. The molecule has 1 amide bonds. The minimum absolute atomic E-state index is 0. The van der Waals surface area contributed by atoms with Gasteiger partial charge in [0.05, 0.1) is 13.2 Å². The first-order valence-electron chi connectivity index (χ1n) is 7.84. The summed E-state index contributed by atoms with van der Waals surface area (Å²) in [5.41, 5.74) is 1.36. The fourth-order valence-electron chi connectivity index (χ4n) is 2.91. The summed E-state index contributed by atoms with van der Waals surface area (Å²) in [6, 6.07) is 10.9. The first kappa shape index (κ1) is 18.9. The van der Waals surface area contributed by atoms with Gasteiger partial charge in [0.2, 0.25) is 5.91 Å². The van der Waals surface area contributed by atoms with Gasteiger partial charge >= 0.3 is 0 Å². The van der Waals surface area contributed by atoms with Crippen LogP contribution in [0.15, 0.2) is 30.3 Å². The summed E-state index contributed by atoms with van der Waals surface area (Å²) in [4.78, 5) is 14.3. The van der Waals surface area contributed by atoms with Crippen LogP contribution < -0.4 is 5.32 Å². The van der Waals surface area contributed by atoms with E-state index >= 15 is 0 Å². The van der Waals surface area contributed by atoms with Crippen molar-refractivity contribution in [3.8, 4) is 0 Å². The number of aryl methyl sites for hydroxylation is 1. The van der Waals surface area contributed by atoms with Gasteiger partial charge in [-0.25, -0.2) is 0 Å². The van der Waals surface area contributed by atoms with Gasteiger partial charge in [0, 0.05) is 26.2 Å². The van der Waals surface area contributed by atoms with E-state index < -0.39 is 0 Å². The number of rotatable bonds is 8. The van der Waals surface area contributed by atoms with E-state index in [0.29, 0.717) is 19.2 Å². The lowest BCUT2D eigenvalue weighted by atomic mass is 10.0. The van der Waals surface area contributed by atoms with Gasteiger partial charge in [-0.1, -0.05) is 30.3 Å². The SMILES string of the molecule is COCCNCC(=O)N1CCCC1CCc1ccccc1.Cl. The zero-order valence-corrected chi connectivity index (χ0v) is 14.1. The Morgan fingerprint density at radius 3 is 2.86 bits per heavy atom. The smallest absolute Gasteiger partial charge is 0.236 e. The van der Waals surface area contributed by atoms with Gasteiger partial charge in [-0.3, -0.25) is 4.79 Å². The van der Waals surface area contributed by atoms with Gasteiger partial charge in [-0.05, 0) is 31.2 Å². The lowest BCUT2D eigenvalue weighted by Gasteiger charge is -2.25. The van der Waals surface area contributed by atoms with Crippen LogP contribution in [-0.4, -0.2) is 50.2 Å². The monoisotopic (exact) mass is 326 g/mol. The molecule has 1 unspecified atom stereocenters. The summed E-state index contributed by atoms with van der Waals surface area (Å²) in [6.45, 7) is 2.70. The molecule has 0 aromatic heterocycles. The number of halogens is 1. The van der Waals surface area contributed by atoms with Gasteiger partial charge in [0.15, 0.2) is 0 Å². The second-order valence-corrected chi connectivity index (χ2v) is 5.58. The zero-order valence-electron chi connectivity index (χ0n) is 13.3.